The molecule has 1 aromatic heterocycles. The van der Waals surface area contributed by atoms with Gasteiger partial charge in [-0.3, -0.25) is 10.1 Å². The molecule has 1 heterocycles. The molecule has 0 unspecified atom stereocenters. The molecule has 0 fully saturated rings. The van der Waals surface area contributed by atoms with Crippen molar-refractivity contribution < 1.29 is 13.3 Å². The van der Waals surface area contributed by atoms with Gasteiger partial charge in [-0.15, -0.1) is 5.10 Å². The molecular formula is C17H16N6O4S. The Morgan fingerprint density at radius 1 is 1.07 bits per heavy atom. The minimum Gasteiger partial charge on any atom is -0.369 e. The monoisotopic (exact) mass is 400 g/mol. The summed E-state index contributed by atoms with van der Waals surface area (Å²) in [5, 5.41) is 19.4. The van der Waals surface area contributed by atoms with E-state index in [1.54, 1.807) is 31.2 Å². The first-order chi connectivity index (χ1) is 13.2. The van der Waals surface area contributed by atoms with Crippen LogP contribution in [-0.4, -0.2) is 29.0 Å². The van der Waals surface area contributed by atoms with Gasteiger partial charge in [0.2, 0.25) is 5.96 Å². The van der Waals surface area contributed by atoms with Crippen LogP contribution < -0.4 is 11.5 Å². The van der Waals surface area contributed by atoms with E-state index in [1.807, 2.05) is 0 Å². The number of nitrogens with zero attached hydrogens (tertiary/aromatic N) is 4. The van der Waals surface area contributed by atoms with Crippen LogP contribution >= 0.6 is 0 Å². The minimum atomic E-state index is -4.25. The van der Waals surface area contributed by atoms with Gasteiger partial charge in [-0.05, 0) is 19.1 Å². The van der Waals surface area contributed by atoms with Crippen molar-refractivity contribution in [2.75, 3.05) is 0 Å². The summed E-state index contributed by atoms with van der Waals surface area (Å²) in [6.45, 7) is 1.62. The highest BCUT2D eigenvalue weighted by Gasteiger charge is 2.29. The van der Waals surface area contributed by atoms with E-state index in [2.05, 4.69) is 10.2 Å². The number of nitro groups is 1. The van der Waals surface area contributed by atoms with E-state index in [1.165, 1.54) is 24.4 Å². The fourth-order valence-corrected chi connectivity index (χ4v) is 4.29. The number of benzene rings is 2. The fraction of sp³-hybridized carbons (Fsp3) is 0.0588. The number of fused-ring (bicyclic) bond motifs is 1. The first-order valence-electron chi connectivity index (χ1n) is 7.96. The topological polar surface area (TPSA) is 159 Å². The number of rotatable bonds is 5. The smallest absolute Gasteiger partial charge is 0.289 e. The van der Waals surface area contributed by atoms with Gasteiger partial charge < -0.3 is 11.5 Å². The number of hydrogen-bond donors (Lipinski definition) is 2. The first kappa shape index (κ1) is 19.0. The van der Waals surface area contributed by atoms with E-state index in [0.717, 1.165) is 10.0 Å². The molecule has 0 bridgehead atoms. The minimum absolute atomic E-state index is 0.240. The van der Waals surface area contributed by atoms with Crippen molar-refractivity contribution >= 4 is 38.3 Å². The Hall–Kier alpha value is -3.73. The van der Waals surface area contributed by atoms with E-state index in [4.69, 9.17) is 11.5 Å². The molecule has 11 heteroatoms. The average molecular weight is 400 g/mol. The third-order valence-electron chi connectivity index (χ3n) is 3.98. The molecule has 3 aromatic rings. The summed E-state index contributed by atoms with van der Waals surface area (Å²) in [5.41, 5.74) is 11.3. The third-order valence-corrected chi connectivity index (χ3v) is 5.70. The Kier molecular flexibility index (Phi) is 4.84. The summed E-state index contributed by atoms with van der Waals surface area (Å²) in [4.78, 5) is 10.2. The lowest BCUT2D eigenvalue weighted by Crippen LogP contribution is -2.22. The molecule has 0 aliphatic heterocycles. The molecule has 4 N–H and O–H groups in total. The summed E-state index contributed by atoms with van der Waals surface area (Å²) in [7, 11) is -4.25. The number of guanidine groups is 1. The molecule has 0 aliphatic carbocycles. The largest absolute Gasteiger partial charge is 0.369 e. The van der Waals surface area contributed by atoms with E-state index < -0.39 is 25.5 Å². The summed E-state index contributed by atoms with van der Waals surface area (Å²) < 4.78 is 27.4. The van der Waals surface area contributed by atoms with Gasteiger partial charge in [0.05, 0.1) is 16.2 Å². The van der Waals surface area contributed by atoms with Crippen LogP contribution in [0, 0.1) is 10.1 Å². The molecular weight excluding hydrogens is 384 g/mol. The van der Waals surface area contributed by atoms with Gasteiger partial charge in [-0.1, -0.05) is 30.3 Å². The van der Waals surface area contributed by atoms with Crippen LogP contribution in [0.25, 0.3) is 10.9 Å². The molecule has 0 amide bonds. The molecule has 0 atom stereocenters. The van der Waals surface area contributed by atoms with Gasteiger partial charge in [-0.2, -0.15) is 5.10 Å². The maximum absolute atomic E-state index is 13.2. The van der Waals surface area contributed by atoms with Crippen LogP contribution in [0.2, 0.25) is 0 Å². The zero-order valence-corrected chi connectivity index (χ0v) is 15.5. The summed E-state index contributed by atoms with van der Waals surface area (Å²) in [5.74, 6) is -0.240. The highest BCUT2D eigenvalue weighted by Crippen LogP contribution is 2.30. The van der Waals surface area contributed by atoms with Crippen LogP contribution in [0.3, 0.4) is 0 Å². The van der Waals surface area contributed by atoms with Crippen molar-refractivity contribution in [2.24, 2.45) is 21.7 Å². The second-order valence-corrected chi connectivity index (χ2v) is 7.58. The quantitative estimate of drug-likeness (QED) is 0.287. The Bertz CT molecular complexity index is 1240. The average Bonchev–Trinajstić information content (AvgIpc) is 3.06. The van der Waals surface area contributed by atoms with Crippen molar-refractivity contribution in [1.82, 2.24) is 3.97 Å². The Morgan fingerprint density at radius 3 is 2.39 bits per heavy atom. The Balaban J connectivity index is 2.29. The van der Waals surface area contributed by atoms with Crippen molar-refractivity contribution in [3.05, 3.63) is 70.4 Å². The normalized spacial score (nSPS) is 12.1. The first-order valence-corrected chi connectivity index (χ1v) is 9.40. The van der Waals surface area contributed by atoms with Gasteiger partial charge in [-0.25, -0.2) is 12.4 Å². The van der Waals surface area contributed by atoms with Crippen molar-refractivity contribution in [2.45, 2.75) is 11.8 Å². The summed E-state index contributed by atoms with van der Waals surface area (Å²) >= 11 is 0. The SMILES string of the molecule is C/C(=N/N=C(N)N)c1cn(S(=O)(=O)c2ccccc2[N+](=O)[O-])c2ccccc12. The summed E-state index contributed by atoms with van der Waals surface area (Å²) in [6.07, 6.45) is 1.35. The van der Waals surface area contributed by atoms with E-state index in [-0.39, 0.29) is 5.96 Å². The number of hydrogen-bond acceptors (Lipinski definition) is 6. The fourth-order valence-electron chi connectivity index (χ4n) is 2.76. The van der Waals surface area contributed by atoms with Crippen LogP contribution in [0.1, 0.15) is 12.5 Å². The van der Waals surface area contributed by atoms with E-state index in [0.29, 0.717) is 22.2 Å². The predicted octanol–water partition coefficient (Wildman–Crippen LogP) is 1.78. The number of nitrogens with two attached hydrogens (primary N) is 2. The molecule has 144 valence electrons. The standard InChI is InChI=1S/C17H16N6O4S/c1-11(20-21-17(18)19)13-10-22(14-7-3-2-6-12(13)14)28(26,27)16-9-5-4-8-15(16)23(24)25/h2-10H,1H3,(H4,18,19,21)/b20-11-. The van der Waals surface area contributed by atoms with Crippen molar-refractivity contribution in [1.29, 1.82) is 0 Å². The predicted molar refractivity (Wildman–Crippen MR) is 106 cm³/mol. The van der Waals surface area contributed by atoms with Gasteiger partial charge in [0, 0.05) is 23.2 Å². The molecule has 0 saturated carbocycles. The van der Waals surface area contributed by atoms with E-state index in [9.17, 15) is 18.5 Å². The lowest BCUT2D eigenvalue weighted by atomic mass is 10.1. The Morgan fingerprint density at radius 2 is 1.71 bits per heavy atom. The highest BCUT2D eigenvalue weighted by molar-refractivity contribution is 7.90. The molecule has 10 nitrogen and oxygen atoms in total. The maximum atomic E-state index is 13.2. The molecule has 3 rings (SSSR count). The molecule has 0 aliphatic rings. The maximum Gasteiger partial charge on any atom is 0.289 e. The van der Waals surface area contributed by atoms with Crippen LogP contribution in [-0.2, 0) is 10.0 Å². The lowest BCUT2D eigenvalue weighted by molar-refractivity contribution is -0.387. The third kappa shape index (κ3) is 3.30. The van der Waals surface area contributed by atoms with Gasteiger partial charge >= 0.3 is 0 Å². The van der Waals surface area contributed by atoms with Crippen LogP contribution in [0.4, 0.5) is 5.69 Å². The van der Waals surface area contributed by atoms with E-state index >= 15 is 0 Å². The second-order valence-electron chi connectivity index (χ2n) is 5.80. The molecule has 0 radical (unpaired) electrons. The summed E-state index contributed by atoms with van der Waals surface area (Å²) in [6, 6.07) is 11.9. The van der Waals surface area contributed by atoms with Crippen LogP contribution in [0.15, 0.2) is 69.8 Å². The lowest BCUT2D eigenvalue weighted by Gasteiger charge is -2.07. The molecule has 28 heavy (non-hydrogen) atoms. The number of aromatic nitrogens is 1. The number of para-hydroxylation sites is 2. The Labute approximate surface area is 160 Å². The van der Waals surface area contributed by atoms with Crippen LogP contribution in [0.5, 0.6) is 0 Å². The van der Waals surface area contributed by atoms with Gasteiger partial charge in [0.15, 0.2) is 4.90 Å². The van der Waals surface area contributed by atoms with Gasteiger partial charge in [0.25, 0.3) is 15.7 Å². The molecule has 2 aromatic carbocycles. The molecule has 0 spiro atoms. The zero-order valence-electron chi connectivity index (χ0n) is 14.7. The highest BCUT2D eigenvalue weighted by atomic mass is 32.2. The second kappa shape index (κ2) is 7.12. The van der Waals surface area contributed by atoms with Gasteiger partial charge in [0.1, 0.15) is 0 Å². The van der Waals surface area contributed by atoms with Crippen molar-refractivity contribution in [3.63, 3.8) is 0 Å². The number of nitro benzene ring substituents is 1. The molecule has 0 saturated heterocycles. The zero-order chi connectivity index (χ0) is 20.5. The van der Waals surface area contributed by atoms with Crippen molar-refractivity contribution in [3.8, 4) is 0 Å².